The van der Waals surface area contributed by atoms with Crippen LogP contribution in [0.2, 0.25) is 5.02 Å². The van der Waals surface area contributed by atoms with Crippen molar-refractivity contribution in [2.24, 2.45) is 0 Å². The lowest BCUT2D eigenvalue weighted by molar-refractivity contribution is 0.102. The van der Waals surface area contributed by atoms with E-state index in [0.717, 1.165) is 6.26 Å². The first-order valence-electron chi connectivity index (χ1n) is 8.67. The molecule has 2 N–H and O–H groups in total. The van der Waals surface area contributed by atoms with E-state index < -0.39 is 26.0 Å². The van der Waals surface area contributed by atoms with Gasteiger partial charge in [0.1, 0.15) is 4.90 Å². The second kappa shape index (κ2) is 9.12. The largest absolute Gasteiger partial charge is 0.322 e. The number of rotatable bonds is 8. The molecule has 0 fully saturated rings. The Balaban J connectivity index is 2.39. The van der Waals surface area contributed by atoms with Crippen LogP contribution in [0.15, 0.2) is 47.4 Å². The number of benzene rings is 2. The van der Waals surface area contributed by atoms with E-state index >= 15 is 0 Å². The monoisotopic (exact) mass is 459 g/mol. The molecule has 158 valence electrons. The molecule has 0 aliphatic heterocycles. The van der Waals surface area contributed by atoms with E-state index in [0.29, 0.717) is 0 Å². The zero-order valence-electron chi connectivity index (χ0n) is 16.1. The molecular formula is C18H22ClN3O5S2. The van der Waals surface area contributed by atoms with E-state index in [-0.39, 0.29) is 39.9 Å². The van der Waals surface area contributed by atoms with E-state index in [4.69, 9.17) is 11.6 Å². The van der Waals surface area contributed by atoms with Crippen molar-refractivity contribution in [2.45, 2.75) is 18.7 Å². The molecule has 0 saturated carbocycles. The molecule has 29 heavy (non-hydrogen) atoms. The SMILES string of the molecule is CCN(CC)S(=O)(=O)c1cc(NC(=O)c2ccccc2NS(C)(=O)=O)ccc1Cl. The maximum absolute atomic E-state index is 12.8. The number of sulfonamides is 2. The molecule has 0 heterocycles. The van der Waals surface area contributed by atoms with Crippen LogP contribution in [-0.4, -0.2) is 46.4 Å². The van der Waals surface area contributed by atoms with Crippen molar-refractivity contribution in [1.29, 1.82) is 0 Å². The quantitative estimate of drug-likeness (QED) is 0.630. The van der Waals surface area contributed by atoms with Gasteiger partial charge in [0, 0.05) is 18.8 Å². The van der Waals surface area contributed by atoms with Gasteiger partial charge in [-0.15, -0.1) is 0 Å². The summed E-state index contributed by atoms with van der Waals surface area (Å²) in [6, 6.07) is 10.2. The Bertz CT molecular complexity index is 1110. The Morgan fingerprint density at radius 2 is 1.66 bits per heavy atom. The van der Waals surface area contributed by atoms with Crippen molar-refractivity contribution in [1.82, 2.24) is 4.31 Å². The van der Waals surface area contributed by atoms with Gasteiger partial charge < -0.3 is 5.32 Å². The lowest BCUT2D eigenvalue weighted by atomic mass is 10.1. The fourth-order valence-electron chi connectivity index (χ4n) is 2.65. The van der Waals surface area contributed by atoms with Crippen LogP contribution < -0.4 is 10.0 Å². The van der Waals surface area contributed by atoms with Gasteiger partial charge in [-0.3, -0.25) is 9.52 Å². The highest BCUT2D eigenvalue weighted by molar-refractivity contribution is 7.92. The van der Waals surface area contributed by atoms with Crippen LogP contribution in [-0.2, 0) is 20.0 Å². The van der Waals surface area contributed by atoms with Crippen LogP contribution in [0.4, 0.5) is 11.4 Å². The fraction of sp³-hybridized carbons (Fsp3) is 0.278. The molecule has 2 rings (SSSR count). The van der Waals surface area contributed by atoms with Crippen molar-refractivity contribution in [3.63, 3.8) is 0 Å². The Morgan fingerprint density at radius 3 is 2.24 bits per heavy atom. The standard InChI is InChI=1S/C18H22ClN3O5S2/c1-4-22(5-2)29(26,27)17-12-13(10-11-15(17)19)20-18(23)14-8-6-7-9-16(14)21-28(3,24)25/h6-12,21H,4-5H2,1-3H3,(H,20,23). The topological polar surface area (TPSA) is 113 Å². The highest BCUT2D eigenvalue weighted by Crippen LogP contribution is 2.28. The van der Waals surface area contributed by atoms with E-state index in [9.17, 15) is 21.6 Å². The highest BCUT2D eigenvalue weighted by atomic mass is 35.5. The number of amides is 1. The molecule has 2 aromatic rings. The number of carbonyl (C=O) groups excluding carboxylic acids is 1. The maximum atomic E-state index is 12.8. The Kier molecular flexibility index (Phi) is 7.28. The van der Waals surface area contributed by atoms with E-state index in [1.807, 2.05) is 0 Å². The molecule has 0 radical (unpaired) electrons. The van der Waals surface area contributed by atoms with Gasteiger partial charge in [-0.2, -0.15) is 4.31 Å². The van der Waals surface area contributed by atoms with Crippen molar-refractivity contribution in [2.75, 3.05) is 29.4 Å². The summed E-state index contributed by atoms with van der Waals surface area (Å²) in [5, 5.41) is 2.62. The van der Waals surface area contributed by atoms with Crippen LogP contribution >= 0.6 is 11.6 Å². The normalized spacial score (nSPS) is 12.0. The van der Waals surface area contributed by atoms with E-state index in [1.54, 1.807) is 26.0 Å². The summed E-state index contributed by atoms with van der Waals surface area (Å²) < 4.78 is 52.1. The minimum Gasteiger partial charge on any atom is -0.322 e. The second-order valence-corrected chi connectivity index (χ2v) is 10.2. The molecule has 0 aliphatic carbocycles. The summed E-state index contributed by atoms with van der Waals surface area (Å²) >= 11 is 6.09. The van der Waals surface area contributed by atoms with Gasteiger partial charge in [0.05, 0.1) is 22.5 Å². The molecule has 1 amide bonds. The average Bonchev–Trinajstić information content (AvgIpc) is 2.63. The van der Waals surface area contributed by atoms with Crippen LogP contribution in [0.1, 0.15) is 24.2 Å². The van der Waals surface area contributed by atoms with Gasteiger partial charge in [0.2, 0.25) is 20.0 Å². The first kappa shape index (κ1) is 23.1. The summed E-state index contributed by atoms with van der Waals surface area (Å²) in [5.74, 6) is -0.606. The van der Waals surface area contributed by atoms with E-state index in [1.165, 1.54) is 34.6 Å². The van der Waals surface area contributed by atoms with Gasteiger partial charge in [-0.1, -0.05) is 37.6 Å². The molecule has 0 spiro atoms. The summed E-state index contributed by atoms with van der Waals surface area (Å²) in [6.45, 7) is 3.98. The number of nitrogens with zero attached hydrogens (tertiary/aromatic N) is 1. The zero-order valence-corrected chi connectivity index (χ0v) is 18.5. The molecule has 0 atom stereocenters. The van der Waals surface area contributed by atoms with Gasteiger partial charge in [-0.25, -0.2) is 16.8 Å². The highest BCUT2D eigenvalue weighted by Gasteiger charge is 2.25. The van der Waals surface area contributed by atoms with Crippen LogP contribution in [0.3, 0.4) is 0 Å². The summed E-state index contributed by atoms with van der Waals surface area (Å²) in [7, 11) is -7.41. The number of hydrogen-bond acceptors (Lipinski definition) is 5. The summed E-state index contributed by atoms with van der Waals surface area (Å²) in [6.07, 6.45) is 0.977. The summed E-state index contributed by atoms with van der Waals surface area (Å²) in [5.41, 5.74) is 0.401. The minimum absolute atomic E-state index is 0.0362. The maximum Gasteiger partial charge on any atom is 0.257 e. The van der Waals surface area contributed by atoms with Crippen LogP contribution in [0.25, 0.3) is 0 Å². The molecule has 0 saturated heterocycles. The third kappa shape index (κ3) is 5.69. The van der Waals surface area contributed by atoms with Gasteiger partial charge in [-0.05, 0) is 30.3 Å². The van der Waals surface area contributed by atoms with Crippen molar-refractivity contribution >= 4 is 48.9 Å². The Hall–Kier alpha value is -2.14. The number of para-hydroxylation sites is 1. The molecule has 0 bridgehead atoms. The molecule has 0 aliphatic rings. The molecular weight excluding hydrogens is 438 g/mol. The third-order valence-corrected chi connectivity index (χ3v) is 7.10. The van der Waals surface area contributed by atoms with E-state index in [2.05, 4.69) is 10.0 Å². The number of halogens is 1. The van der Waals surface area contributed by atoms with Crippen LogP contribution in [0.5, 0.6) is 0 Å². The molecule has 11 heteroatoms. The first-order chi connectivity index (χ1) is 13.5. The van der Waals surface area contributed by atoms with Gasteiger partial charge in [0.25, 0.3) is 5.91 Å². The molecule has 0 unspecified atom stereocenters. The fourth-order valence-corrected chi connectivity index (χ4v) is 5.19. The zero-order chi connectivity index (χ0) is 21.8. The lowest BCUT2D eigenvalue weighted by Crippen LogP contribution is -2.30. The number of nitrogens with one attached hydrogen (secondary N) is 2. The number of hydrogen-bond donors (Lipinski definition) is 2. The number of carbonyl (C=O) groups is 1. The van der Waals surface area contributed by atoms with Crippen molar-refractivity contribution in [3.05, 3.63) is 53.1 Å². The molecule has 0 aromatic heterocycles. The number of anilines is 2. The minimum atomic E-state index is -3.83. The second-order valence-electron chi connectivity index (χ2n) is 6.11. The van der Waals surface area contributed by atoms with Crippen molar-refractivity contribution < 1.29 is 21.6 Å². The lowest BCUT2D eigenvalue weighted by Gasteiger charge is -2.20. The smallest absolute Gasteiger partial charge is 0.257 e. The summed E-state index contributed by atoms with van der Waals surface area (Å²) in [4.78, 5) is 12.6. The van der Waals surface area contributed by atoms with Crippen molar-refractivity contribution in [3.8, 4) is 0 Å². The van der Waals surface area contributed by atoms with Crippen LogP contribution in [0, 0.1) is 0 Å². The predicted octanol–water partition coefficient (Wildman–Crippen LogP) is 2.99. The third-order valence-electron chi connectivity index (χ3n) is 3.98. The van der Waals surface area contributed by atoms with Gasteiger partial charge >= 0.3 is 0 Å². The van der Waals surface area contributed by atoms with Gasteiger partial charge in [0.15, 0.2) is 0 Å². The predicted molar refractivity (Wildman–Crippen MR) is 114 cm³/mol. The Morgan fingerprint density at radius 1 is 1.03 bits per heavy atom. The Labute approximate surface area is 176 Å². The first-order valence-corrected chi connectivity index (χ1v) is 12.4. The molecule has 2 aromatic carbocycles. The average molecular weight is 460 g/mol. The molecule has 8 nitrogen and oxygen atoms in total.